The molecule has 0 heterocycles. The van der Waals surface area contributed by atoms with Crippen molar-refractivity contribution < 1.29 is 24.2 Å². The van der Waals surface area contributed by atoms with Crippen molar-refractivity contribution in [2.75, 3.05) is 11.9 Å². The summed E-state index contributed by atoms with van der Waals surface area (Å²) in [5.41, 5.74) is 2.54. The third-order valence-electron chi connectivity index (χ3n) is 7.89. The SMILES string of the molecule is C=Cc1cccc(C(C(=O)Nc2c(C)cccc2Cl)N(CCCCCCCC)C(=O)C(Cc2ccc(O)cc2)NC(=O)OC(C)(C)C)c1. The third-order valence-corrected chi connectivity index (χ3v) is 8.21. The lowest BCUT2D eigenvalue weighted by atomic mass is 9.98. The molecule has 0 aliphatic carbocycles. The quantitative estimate of drug-likeness (QED) is 0.131. The topological polar surface area (TPSA) is 108 Å². The van der Waals surface area contributed by atoms with E-state index in [9.17, 15) is 19.5 Å². The number of hydrogen-bond donors (Lipinski definition) is 3. The Balaban J connectivity index is 2.11. The van der Waals surface area contributed by atoms with Gasteiger partial charge in [0, 0.05) is 13.0 Å². The van der Waals surface area contributed by atoms with Gasteiger partial charge in [0.2, 0.25) is 5.91 Å². The van der Waals surface area contributed by atoms with Gasteiger partial charge in [-0.3, -0.25) is 9.59 Å². The number of nitrogens with zero attached hydrogens (tertiary/aromatic N) is 1. The first-order valence-corrected chi connectivity index (χ1v) is 17.1. The molecular formula is C39H50ClN3O5. The summed E-state index contributed by atoms with van der Waals surface area (Å²) >= 11 is 6.53. The van der Waals surface area contributed by atoms with Gasteiger partial charge in [0.05, 0.1) is 10.7 Å². The lowest BCUT2D eigenvalue weighted by Crippen LogP contribution is -2.53. The maximum atomic E-state index is 14.8. The van der Waals surface area contributed by atoms with E-state index in [4.69, 9.17) is 16.3 Å². The molecule has 3 amide bonds. The minimum atomic E-state index is -1.08. The molecule has 0 spiro atoms. The fourth-order valence-corrected chi connectivity index (χ4v) is 5.73. The van der Waals surface area contributed by atoms with E-state index in [-0.39, 0.29) is 18.7 Å². The van der Waals surface area contributed by atoms with Gasteiger partial charge in [0.25, 0.3) is 5.91 Å². The second kappa shape index (κ2) is 18.3. The first-order chi connectivity index (χ1) is 22.8. The van der Waals surface area contributed by atoms with E-state index in [0.717, 1.165) is 43.2 Å². The van der Waals surface area contributed by atoms with E-state index in [0.29, 0.717) is 28.3 Å². The second-order valence-corrected chi connectivity index (χ2v) is 13.5. The minimum absolute atomic E-state index is 0.0835. The third kappa shape index (κ3) is 11.7. The second-order valence-electron chi connectivity index (χ2n) is 13.1. The summed E-state index contributed by atoms with van der Waals surface area (Å²) in [5, 5.41) is 16.0. The number of carbonyl (C=O) groups excluding carboxylic acids is 3. The molecule has 8 nitrogen and oxygen atoms in total. The summed E-state index contributed by atoms with van der Waals surface area (Å²) in [6.07, 6.45) is 6.91. The molecular weight excluding hydrogens is 626 g/mol. The number of hydrogen-bond acceptors (Lipinski definition) is 5. The van der Waals surface area contributed by atoms with Crippen LogP contribution in [0.15, 0.2) is 73.3 Å². The largest absolute Gasteiger partial charge is 0.508 e. The molecule has 0 bridgehead atoms. The zero-order valence-electron chi connectivity index (χ0n) is 28.9. The molecule has 0 fully saturated rings. The summed E-state index contributed by atoms with van der Waals surface area (Å²) in [5.74, 6) is -0.796. The van der Waals surface area contributed by atoms with E-state index >= 15 is 0 Å². The Bertz CT molecular complexity index is 1510. The summed E-state index contributed by atoms with van der Waals surface area (Å²) in [4.78, 5) is 43.9. The van der Waals surface area contributed by atoms with Crippen molar-refractivity contribution in [1.82, 2.24) is 10.2 Å². The molecule has 3 rings (SSSR count). The summed E-state index contributed by atoms with van der Waals surface area (Å²) in [6.45, 7) is 13.4. The normalized spacial score (nSPS) is 12.5. The summed E-state index contributed by atoms with van der Waals surface area (Å²) in [6, 6.07) is 17.0. The van der Waals surface area contributed by atoms with Crippen LogP contribution in [0.5, 0.6) is 5.75 Å². The molecule has 0 saturated heterocycles. The lowest BCUT2D eigenvalue weighted by molar-refractivity contribution is -0.140. The summed E-state index contributed by atoms with van der Waals surface area (Å²) < 4.78 is 5.55. The monoisotopic (exact) mass is 675 g/mol. The number of anilines is 1. The van der Waals surface area contributed by atoms with Crippen molar-refractivity contribution in [3.05, 3.63) is 101 Å². The average molecular weight is 676 g/mol. The van der Waals surface area contributed by atoms with Gasteiger partial charge in [-0.2, -0.15) is 0 Å². The molecule has 0 aromatic heterocycles. The average Bonchev–Trinajstić information content (AvgIpc) is 3.03. The highest BCUT2D eigenvalue weighted by molar-refractivity contribution is 6.34. The van der Waals surface area contributed by atoms with E-state index in [1.165, 1.54) is 12.1 Å². The Morgan fingerprint density at radius 1 is 0.979 bits per heavy atom. The van der Waals surface area contributed by atoms with Gasteiger partial charge in [0.1, 0.15) is 23.4 Å². The first kappa shape index (κ1) is 38.2. The fraction of sp³-hybridized carbons (Fsp3) is 0.410. The molecule has 0 radical (unpaired) electrons. The number of ether oxygens (including phenoxy) is 1. The number of para-hydroxylation sites is 1. The summed E-state index contributed by atoms with van der Waals surface area (Å²) in [7, 11) is 0. The van der Waals surface area contributed by atoms with Gasteiger partial charge >= 0.3 is 6.09 Å². The predicted molar refractivity (Wildman–Crippen MR) is 194 cm³/mol. The number of aromatic hydroxyl groups is 1. The number of amides is 3. The zero-order chi connectivity index (χ0) is 35.3. The zero-order valence-corrected chi connectivity index (χ0v) is 29.6. The highest BCUT2D eigenvalue weighted by atomic mass is 35.5. The number of phenolic OH excluding ortho intramolecular Hbond substituents is 1. The molecule has 0 saturated carbocycles. The first-order valence-electron chi connectivity index (χ1n) is 16.7. The van der Waals surface area contributed by atoms with Gasteiger partial charge in [-0.05, 0) is 80.6 Å². The van der Waals surface area contributed by atoms with Crippen LogP contribution in [0.25, 0.3) is 6.08 Å². The van der Waals surface area contributed by atoms with Crippen molar-refractivity contribution in [3.8, 4) is 5.75 Å². The predicted octanol–water partition coefficient (Wildman–Crippen LogP) is 9.00. The number of phenols is 1. The van der Waals surface area contributed by atoms with Crippen molar-refractivity contribution in [1.29, 1.82) is 0 Å². The molecule has 2 unspecified atom stereocenters. The standard InChI is InChI=1S/C39H50ClN3O5/c1-7-9-10-11-12-13-24-43(37(46)33(41-38(47)48-39(4,5)6)26-29-20-22-31(44)23-21-29)35(30-18-15-17-28(8-2)25-30)36(45)42-34-27(3)16-14-19-32(34)40/h8,14-23,25,33,35,44H,2,7,9-13,24,26H2,1,3-6H3,(H,41,47)(H,42,45). The van der Waals surface area contributed by atoms with E-state index < -0.39 is 35.6 Å². The van der Waals surface area contributed by atoms with Crippen LogP contribution in [0.4, 0.5) is 10.5 Å². The van der Waals surface area contributed by atoms with E-state index in [1.54, 1.807) is 49.9 Å². The highest BCUT2D eigenvalue weighted by Crippen LogP contribution is 2.30. The molecule has 0 aliphatic heterocycles. The molecule has 3 N–H and O–H groups in total. The highest BCUT2D eigenvalue weighted by Gasteiger charge is 2.36. The molecule has 3 aromatic rings. The van der Waals surface area contributed by atoms with Crippen LogP contribution in [-0.2, 0) is 20.7 Å². The van der Waals surface area contributed by atoms with Crippen LogP contribution in [0.2, 0.25) is 5.02 Å². The van der Waals surface area contributed by atoms with Crippen LogP contribution in [0.1, 0.15) is 94.5 Å². The number of alkyl carbamates (subject to hydrolysis) is 1. The van der Waals surface area contributed by atoms with E-state index in [2.05, 4.69) is 24.1 Å². The lowest BCUT2D eigenvalue weighted by Gasteiger charge is -2.35. The van der Waals surface area contributed by atoms with Gasteiger partial charge in [-0.15, -0.1) is 0 Å². The van der Waals surface area contributed by atoms with Gasteiger partial charge in [-0.1, -0.05) is 106 Å². The van der Waals surface area contributed by atoms with Crippen molar-refractivity contribution in [2.24, 2.45) is 0 Å². The number of rotatable bonds is 16. The minimum Gasteiger partial charge on any atom is -0.508 e. The smallest absolute Gasteiger partial charge is 0.408 e. The van der Waals surface area contributed by atoms with Gasteiger partial charge < -0.3 is 25.4 Å². The molecule has 48 heavy (non-hydrogen) atoms. The Hall–Kier alpha value is -4.30. The molecule has 0 aliphatic rings. The number of unbranched alkanes of at least 4 members (excludes halogenated alkanes) is 5. The number of benzene rings is 3. The van der Waals surface area contributed by atoms with Gasteiger partial charge in [0.15, 0.2) is 0 Å². The Labute approximate surface area is 290 Å². The molecule has 2 atom stereocenters. The van der Waals surface area contributed by atoms with Crippen molar-refractivity contribution >= 4 is 41.3 Å². The Morgan fingerprint density at radius 2 is 1.65 bits per heavy atom. The Morgan fingerprint density at radius 3 is 2.29 bits per heavy atom. The molecule has 3 aromatic carbocycles. The maximum Gasteiger partial charge on any atom is 0.408 e. The van der Waals surface area contributed by atoms with Crippen LogP contribution >= 0.6 is 11.6 Å². The number of aryl methyl sites for hydroxylation is 1. The van der Waals surface area contributed by atoms with E-state index in [1.807, 2.05) is 43.3 Å². The van der Waals surface area contributed by atoms with Crippen LogP contribution in [0.3, 0.4) is 0 Å². The number of nitrogens with one attached hydrogen (secondary N) is 2. The molecule has 9 heteroatoms. The van der Waals surface area contributed by atoms with Crippen LogP contribution in [0, 0.1) is 6.92 Å². The maximum absolute atomic E-state index is 14.8. The fourth-order valence-electron chi connectivity index (χ4n) is 5.46. The number of carbonyl (C=O) groups is 3. The molecule has 258 valence electrons. The number of halogens is 1. The van der Waals surface area contributed by atoms with Crippen molar-refractivity contribution in [2.45, 2.75) is 97.2 Å². The Kier molecular flexibility index (Phi) is 14.5. The van der Waals surface area contributed by atoms with Crippen molar-refractivity contribution in [3.63, 3.8) is 0 Å². The van der Waals surface area contributed by atoms with Crippen LogP contribution < -0.4 is 10.6 Å². The van der Waals surface area contributed by atoms with Gasteiger partial charge in [-0.25, -0.2) is 4.79 Å². The van der Waals surface area contributed by atoms with Crippen LogP contribution in [-0.4, -0.2) is 46.1 Å².